The molecule has 0 radical (unpaired) electrons. The zero-order valence-electron chi connectivity index (χ0n) is 13.5. The van der Waals surface area contributed by atoms with Crippen molar-refractivity contribution in [3.8, 4) is 5.75 Å². The average Bonchev–Trinajstić information content (AvgIpc) is 3.21. The number of para-hydroxylation sites is 2. The third-order valence-corrected chi connectivity index (χ3v) is 4.29. The number of benzene rings is 2. The van der Waals surface area contributed by atoms with Crippen molar-refractivity contribution in [1.29, 1.82) is 0 Å². The lowest BCUT2D eigenvalue weighted by Crippen LogP contribution is -2.47. The van der Waals surface area contributed by atoms with Crippen LogP contribution in [-0.2, 0) is 11.2 Å². The second-order valence-electron chi connectivity index (χ2n) is 5.91. The van der Waals surface area contributed by atoms with E-state index in [1.165, 1.54) is 0 Å². The molecule has 0 spiro atoms. The van der Waals surface area contributed by atoms with Gasteiger partial charge in [0.2, 0.25) is 0 Å². The summed E-state index contributed by atoms with van der Waals surface area (Å²) in [5, 5.41) is 0.869. The lowest BCUT2D eigenvalue weighted by Gasteiger charge is -2.11. The average molecular weight is 336 g/mol. The molecular weight excluding hydrogens is 320 g/mol. The van der Waals surface area contributed by atoms with Crippen molar-refractivity contribution in [2.75, 3.05) is 0 Å². The summed E-state index contributed by atoms with van der Waals surface area (Å²) in [4.78, 5) is 24.5. The molecule has 3 aromatic rings. The minimum absolute atomic E-state index is 0.178. The number of carbonyl (C=O) groups excluding carboxylic acids is 2. The van der Waals surface area contributed by atoms with Gasteiger partial charge in [-0.2, -0.15) is 0 Å². The predicted octanol–water partition coefficient (Wildman–Crippen LogP) is 2.51. The zero-order chi connectivity index (χ0) is 17.4. The van der Waals surface area contributed by atoms with Crippen LogP contribution in [-0.4, -0.2) is 17.9 Å². The van der Waals surface area contributed by atoms with Gasteiger partial charge in [0.05, 0.1) is 0 Å². The fraction of sp³-hybridized carbons (Fsp3) is 0.158. The smallest absolute Gasteiger partial charge is 0.305 e. The molecule has 25 heavy (non-hydrogen) atoms. The molecule has 1 aromatic heterocycles. The number of aryl methyl sites for hydroxylation is 1. The van der Waals surface area contributed by atoms with Crippen LogP contribution in [0.15, 0.2) is 52.9 Å². The van der Waals surface area contributed by atoms with Crippen molar-refractivity contribution < 1.29 is 18.7 Å². The Balaban J connectivity index is 1.42. The molecule has 1 aliphatic rings. The van der Waals surface area contributed by atoms with Crippen LogP contribution in [0.1, 0.15) is 21.7 Å². The normalized spacial score (nSPS) is 15.5. The first-order valence-corrected chi connectivity index (χ1v) is 7.96. The molecule has 0 saturated heterocycles. The quantitative estimate of drug-likeness (QED) is 0.705. The van der Waals surface area contributed by atoms with Gasteiger partial charge in [-0.05, 0) is 24.6 Å². The van der Waals surface area contributed by atoms with Gasteiger partial charge in [0.1, 0.15) is 11.3 Å². The van der Waals surface area contributed by atoms with Gasteiger partial charge in [0, 0.05) is 17.4 Å². The molecule has 0 unspecified atom stereocenters. The van der Waals surface area contributed by atoms with E-state index in [9.17, 15) is 9.59 Å². The van der Waals surface area contributed by atoms with Gasteiger partial charge < -0.3 is 9.15 Å². The Morgan fingerprint density at radius 3 is 2.60 bits per heavy atom. The highest BCUT2D eigenvalue weighted by Gasteiger charge is 2.29. The number of fused-ring (bicyclic) bond motifs is 2. The number of amides is 2. The molecule has 0 fully saturated rings. The van der Waals surface area contributed by atoms with Crippen molar-refractivity contribution in [1.82, 2.24) is 10.9 Å². The minimum atomic E-state index is -0.658. The van der Waals surface area contributed by atoms with Gasteiger partial charge in [-0.1, -0.05) is 36.4 Å². The number of hydrogen-bond acceptors (Lipinski definition) is 4. The molecule has 2 aromatic carbocycles. The van der Waals surface area contributed by atoms with Gasteiger partial charge >= 0.3 is 5.91 Å². The molecule has 1 atom stereocenters. The summed E-state index contributed by atoms with van der Waals surface area (Å²) in [6.45, 7) is 1.80. The third-order valence-electron chi connectivity index (χ3n) is 4.29. The molecule has 2 heterocycles. The van der Waals surface area contributed by atoms with Crippen LogP contribution in [0, 0.1) is 6.92 Å². The first kappa shape index (κ1) is 15.3. The second kappa shape index (κ2) is 5.98. The fourth-order valence-electron chi connectivity index (χ4n) is 2.97. The van der Waals surface area contributed by atoms with E-state index in [4.69, 9.17) is 9.15 Å². The number of rotatable bonds is 2. The van der Waals surface area contributed by atoms with Crippen LogP contribution in [0.4, 0.5) is 0 Å². The van der Waals surface area contributed by atoms with E-state index in [1.807, 2.05) is 42.5 Å². The topological polar surface area (TPSA) is 80.6 Å². The maximum Gasteiger partial charge on any atom is 0.305 e. The number of hydrogen-bond donors (Lipinski definition) is 2. The maximum absolute atomic E-state index is 12.3. The van der Waals surface area contributed by atoms with Crippen molar-refractivity contribution in [3.63, 3.8) is 0 Å². The first-order valence-electron chi connectivity index (χ1n) is 7.96. The van der Waals surface area contributed by atoms with Crippen LogP contribution in [0.25, 0.3) is 11.0 Å². The number of nitrogens with one attached hydrogen (secondary N) is 2. The molecule has 0 aliphatic carbocycles. The first-order chi connectivity index (χ1) is 12.1. The van der Waals surface area contributed by atoms with Gasteiger partial charge in [-0.15, -0.1) is 0 Å². The van der Waals surface area contributed by atoms with Crippen LogP contribution in [0.3, 0.4) is 0 Å². The van der Waals surface area contributed by atoms with Gasteiger partial charge in [0.15, 0.2) is 11.9 Å². The highest BCUT2D eigenvalue weighted by molar-refractivity contribution is 5.99. The fourth-order valence-corrected chi connectivity index (χ4v) is 2.97. The highest BCUT2D eigenvalue weighted by atomic mass is 16.5. The molecule has 6 nitrogen and oxygen atoms in total. The van der Waals surface area contributed by atoms with Crippen molar-refractivity contribution in [3.05, 3.63) is 65.4 Å². The predicted molar refractivity (Wildman–Crippen MR) is 91.1 cm³/mol. The summed E-state index contributed by atoms with van der Waals surface area (Å²) in [7, 11) is 0. The largest absolute Gasteiger partial charge is 0.480 e. The Morgan fingerprint density at radius 1 is 1.04 bits per heavy atom. The summed E-state index contributed by atoms with van der Waals surface area (Å²) in [6.07, 6.45) is -0.184. The summed E-state index contributed by atoms with van der Waals surface area (Å²) in [6, 6.07) is 14.9. The van der Waals surface area contributed by atoms with Crippen LogP contribution in [0.2, 0.25) is 0 Å². The van der Waals surface area contributed by atoms with Gasteiger partial charge in [0.25, 0.3) is 5.91 Å². The van der Waals surface area contributed by atoms with Crippen molar-refractivity contribution in [2.45, 2.75) is 19.4 Å². The number of furan rings is 1. The molecule has 0 bridgehead atoms. The van der Waals surface area contributed by atoms with Crippen molar-refractivity contribution in [2.24, 2.45) is 0 Å². The van der Waals surface area contributed by atoms with Gasteiger partial charge in [-0.25, -0.2) is 0 Å². The maximum atomic E-state index is 12.3. The number of hydrazine groups is 1. The summed E-state index contributed by atoms with van der Waals surface area (Å²) >= 11 is 0. The van der Waals surface area contributed by atoms with E-state index in [-0.39, 0.29) is 5.76 Å². The SMILES string of the molecule is Cc1c(C(=O)NNC(=O)[C@@H]2Cc3ccccc3O2)oc2ccccc12. The molecule has 0 saturated carbocycles. The van der Waals surface area contributed by atoms with E-state index in [0.717, 1.165) is 16.5 Å². The zero-order valence-corrected chi connectivity index (χ0v) is 13.5. The van der Waals surface area contributed by atoms with E-state index in [2.05, 4.69) is 10.9 Å². The molecule has 2 amide bonds. The molecule has 4 rings (SSSR count). The van der Waals surface area contributed by atoms with E-state index < -0.39 is 17.9 Å². The minimum Gasteiger partial charge on any atom is -0.480 e. The number of ether oxygens (including phenoxy) is 1. The lowest BCUT2D eigenvalue weighted by molar-refractivity contribution is -0.128. The van der Waals surface area contributed by atoms with Crippen molar-refractivity contribution >= 4 is 22.8 Å². The summed E-state index contributed by atoms with van der Waals surface area (Å²) in [5.41, 5.74) is 7.13. The summed E-state index contributed by atoms with van der Waals surface area (Å²) < 4.78 is 11.2. The monoisotopic (exact) mass is 336 g/mol. The second-order valence-corrected chi connectivity index (χ2v) is 5.91. The molecule has 2 N–H and O–H groups in total. The number of carbonyl (C=O) groups is 2. The standard InChI is InChI=1S/C19H16N2O4/c1-11-13-7-3-5-9-15(13)25-17(11)19(23)21-20-18(22)16-10-12-6-2-4-8-14(12)24-16/h2-9,16H,10H2,1H3,(H,20,22)(H,21,23)/t16-/m0/s1. The van der Waals surface area contributed by atoms with Crippen LogP contribution >= 0.6 is 0 Å². The lowest BCUT2D eigenvalue weighted by atomic mass is 10.1. The molecule has 1 aliphatic heterocycles. The Kier molecular flexibility index (Phi) is 3.65. The summed E-state index contributed by atoms with van der Waals surface area (Å²) in [5.74, 6) is -0.0323. The Morgan fingerprint density at radius 2 is 1.80 bits per heavy atom. The molecular formula is C19H16N2O4. The van der Waals surface area contributed by atoms with E-state index >= 15 is 0 Å². The molecule has 126 valence electrons. The Hall–Kier alpha value is -3.28. The Labute approximate surface area is 143 Å². The molecule has 6 heteroatoms. The van der Waals surface area contributed by atoms with E-state index in [0.29, 0.717) is 17.8 Å². The van der Waals surface area contributed by atoms with Crippen LogP contribution < -0.4 is 15.6 Å². The third kappa shape index (κ3) is 2.71. The van der Waals surface area contributed by atoms with Gasteiger partial charge in [-0.3, -0.25) is 20.4 Å². The van der Waals surface area contributed by atoms with Crippen LogP contribution in [0.5, 0.6) is 5.75 Å². The highest BCUT2D eigenvalue weighted by Crippen LogP contribution is 2.28. The Bertz CT molecular complexity index is 951. The van der Waals surface area contributed by atoms with E-state index in [1.54, 1.807) is 13.0 Å².